The highest BCUT2D eigenvalue weighted by Crippen LogP contribution is 2.24. The molecule has 0 saturated carbocycles. The van der Waals surface area contributed by atoms with Crippen LogP contribution in [0.3, 0.4) is 0 Å². The molecule has 5 aromatic rings. The van der Waals surface area contributed by atoms with Gasteiger partial charge >= 0.3 is 5.97 Å². The van der Waals surface area contributed by atoms with E-state index in [0.717, 1.165) is 11.1 Å². The fraction of sp³-hybridized carbons (Fsp3) is 0.100. The average Bonchev–Trinajstić information content (AvgIpc) is 3.35. The summed E-state index contributed by atoms with van der Waals surface area (Å²) in [6.07, 6.45) is 3.44. The van der Waals surface area contributed by atoms with Gasteiger partial charge in [0.1, 0.15) is 28.9 Å². The van der Waals surface area contributed by atoms with Crippen LogP contribution in [-0.4, -0.2) is 37.5 Å². The molecule has 2 heterocycles. The molecule has 39 heavy (non-hydrogen) atoms. The van der Waals surface area contributed by atoms with E-state index in [1.807, 2.05) is 24.4 Å². The molecule has 196 valence electrons. The number of aromatic nitrogens is 2. The van der Waals surface area contributed by atoms with Crippen LogP contribution in [0.4, 0.5) is 4.39 Å². The zero-order chi connectivity index (χ0) is 27.5. The van der Waals surface area contributed by atoms with Gasteiger partial charge in [-0.05, 0) is 70.3 Å². The largest absolute Gasteiger partial charge is 0.508 e. The lowest BCUT2D eigenvalue weighted by Crippen LogP contribution is -2.42. The van der Waals surface area contributed by atoms with E-state index in [0.29, 0.717) is 27.4 Å². The number of nitrogens with zero attached hydrogens (tertiary/aromatic N) is 2. The molecule has 0 aliphatic carbocycles. The third-order valence-corrected chi connectivity index (χ3v) is 6.67. The Morgan fingerprint density at radius 3 is 2.41 bits per heavy atom. The number of hydrogen-bond acceptors (Lipinski definition) is 4. The number of carboxylic acids is 1. The van der Waals surface area contributed by atoms with Crippen LogP contribution in [0.1, 0.15) is 27.2 Å². The molecule has 0 spiro atoms. The van der Waals surface area contributed by atoms with Crippen molar-refractivity contribution in [2.45, 2.75) is 18.9 Å². The summed E-state index contributed by atoms with van der Waals surface area (Å²) in [5, 5.41) is 23.0. The quantitative estimate of drug-likeness (QED) is 0.239. The number of benzene rings is 3. The molecule has 5 rings (SSSR count). The van der Waals surface area contributed by atoms with Crippen molar-refractivity contribution in [3.63, 3.8) is 0 Å². The number of carbonyl (C=O) groups excluding carboxylic acids is 1. The Balaban J connectivity index is 1.36. The van der Waals surface area contributed by atoms with E-state index < -0.39 is 23.7 Å². The van der Waals surface area contributed by atoms with Gasteiger partial charge in [0.2, 0.25) is 0 Å². The van der Waals surface area contributed by atoms with Crippen molar-refractivity contribution in [2.75, 3.05) is 0 Å². The molecule has 2 aromatic heterocycles. The van der Waals surface area contributed by atoms with Gasteiger partial charge in [-0.1, -0.05) is 48.0 Å². The minimum absolute atomic E-state index is 0.0244. The topological polar surface area (TPSA) is 104 Å². The molecule has 1 amide bonds. The number of imidazole rings is 1. The highest BCUT2D eigenvalue weighted by atomic mass is 35.5. The Kier molecular flexibility index (Phi) is 7.29. The van der Waals surface area contributed by atoms with E-state index in [1.54, 1.807) is 46.9 Å². The highest BCUT2D eigenvalue weighted by molar-refractivity contribution is 6.30. The maximum Gasteiger partial charge on any atom is 0.326 e. The highest BCUT2D eigenvalue weighted by Gasteiger charge is 2.24. The summed E-state index contributed by atoms with van der Waals surface area (Å²) < 4.78 is 16.0. The average molecular weight is 544 g/mol. The summed E-state index contributed by atoms with van der Waals surface area (Å²) in [5.41, 5.74) is 3.94. The number of phenolic OH excluding ortho intramolecular Hbond substituents is 1. The van der Waals surface area contributed by atoms with Crippen LogP contribution in [0.5, 0.6) is 5.75 Å². The second kappa shape index (κ2) is 11.0. The van der Waals surface area contributed by atoms with Crippen molar-refractivity contribution in [3.05, 3.63) is 124 Å². The number of halogens is 2. The Morgan fingerprint density at radius 2 is 1.67 bits per heavy atom. The summed E-state index contributed by atoms with van der Waals surface area (Å²) >= 11 is 5.98. The van der Waals surface area contributed by atoms with Crippen LogP contribution in [0.2, 0.25) is 5.02 Å². The second-order valence-corrected chi connectivity index (χ2v) is 9.54. The van der Waals surface area contributed by atoms with E-state index >= 15 is 0 Å². The first-order chi connectivity index (χ1) is 18.8. The molecule has 9 heteroatoms. The number of amides is 1. The molecule has 0 aliphatic heterocycles. The van der Waals surface area contributed by atoms with Gasteiger partial charge in [0.15, 0.2) is 0 Å². The predicted molar refractivity (Wildman–Crippen MR) is 146 cm³/mol. The summed E-state index contributed by atoms with van der Waals surface area (Å²) in [7, 11) is 0. The zero-order valence-corrected chi connectivity index (χ0v) is 21.3. The molecule has 0 bridgehead atoms. The van der Waals surface area contributed by atoms with Crippen LogP contribution in [0.25, 0.3) is 16.8 Å². The lowest BCUT2D eigenvalue weighted by Gasteiger charge is -2.17. The predicted octanol–water partition coefficient (Wildman–Crippen LogP) is 5.52. The molecule has 0 aliphatic rings. The van der Waals surface area contributed by atoms with Crippen molar-refractivity contribution in [1.82, 2.24) is 14.7 Å². The molecule has 3 N–H and O–H groups in total. The summed E-state index contributed by atoms with van der Waals surface area (Å²) in [6, 6.07) is 20.4. The fourth-order valence-corrected chi connectivity index (χ4v) is 4.52. The molecular formula is C30H23ClFN3O4. The minimum atomic E-state index is -1.28. The summed E-state index contributed by atoms with van der Waals surface area (Å²) in [4.78, 5) is 29.5. The lowest BCUT2D eigenvalue weighted by molar-refractivity contribution is -0.139. The standard InChI is InChI=1S/C30H23ClFN3O4/c31-23-9-5-18(6-10-23)21-8-12-28-33-27(17-35(28)16-21)29(37)34-26(30(38)39)15-19-7-11-24(36)14-22(19)13-20-3-1-2-4-25(20)32/h1-12,14,16-17,26,36H,13,15H2,(H,34,37)(H,38,39)/t26-/m0/s1. The molecule has 7 nitrogen and oxygen atoms in total. The smallest absolute Gasteiger partial charge is 0.326 e. The van der Waals surface area contributed by atoms with Crippen molar-refractivity contribution in [3.8, 4) is 16.9 Å². The van der Waals surface area contributed by atoms with Crippen molar-refractivity contribution < 1.29 is 24.2 Å². The maximum atomic E-state index is 14.3. The third kappa shape index (κ3) is 5.91. The van der Waals surface area contributed by atoms with Gasteiger partial charge in [-0.2, -0.15) is 0 Å². The third-order valence-electron chi connectivity index (χ3n) is 6.42. The Bertz CT molecular complexity index is 1680. The maximum absolute atomic E-state index is 14.3. The monoisotopic (exact) mass is 543 g/mol. The first-order valence-electron chi connectivity index (χ1n) is 12.1. The second-order valence-electron chi connectivity index (χ2n) is 9.11. The lowest BCUT2D eigenvalue weighted by atomic mass is 9.94. The molecule has 3 aromatic carbocycles. The van der Waals surface area contributed by atoms with Crippen LogP contribution in [0, 0.1) is 5.82 Å². The van der Waals surface area contributed by atoms with Crippen molar-refractivity contribution >= 4 is 29.1 Å². The SMILES string of the molecule is O=C(N[C@@H](Cc1ccc(O)cc1Cc1ccccc1F)C(=O)O)c1cn2cc(-c3ccc(Cl)cc3)ccc2n1. The molecule has 0 unspecified atom stereocenters. The number of carbonyl (C=O) groups is 2. The fourth-order valence-electron chi connectivity index (χ4n) is 4.39. The molecule has 1 atom stereocenters. The number of hydrogen-bond donors (Lipinski definition) is 3. The van der Waals surface area contributed by atoms with Gasteiger partial charge in [-0.25, -0.2) is 14.2 Å². The molecule has 0 saturated heterocycles. The number of rotatable bonds is 8. The summed E-state index contributed by atoms with van der Waals surface area (Å²) in [5.74, 6) is -2.31. The van der Waals surface area contributed by atoms with Crippen molar-refractivity contribution in [2.24, 2.45) is 0 Å². The number of carboxylic acid groups (broad SMARTS) is 1. The first kappa shape index (κ1) is 25.9. The van der Waals surface area contributed by atoms with Gasteiger partial charge in [0.05, 0.1) is 0 Å². The number of pyridine rings is 1. The Morgan fingerprint density at radius 1 is 0.923 bits per heavy atom. The van der Waals surface area contributed by atoms with Crippen molar-refractivity contribution in [1.29, 1.82) is 0 Å². The molecule has 0 fully saturated rings. The van der Waals surface area contributed by atoms with E-state index in [1.165, 1.54) is 24.4 Å². The number of fused-ring (bicyclic) bond motifs is 1. The normalized spacial score (nSPS) is 11.8. The van der Waals surface area contributed by atoms with E-state index in [2.05, 4.69) is 10.3 Å². The van der Waals surface area contributed by atoms with Gasteiger partial charge in [0, 0.05) is 30.3 Å². The van der Waals surface area contributed by atoms with Gasteiger partial charge < -0.3 is 19.9 Å². The number of phenols is 1. The Labute approximate surface area is 228 Å². The van der Waals surface area contributed by atoms with Gasteiger partial charge in [-0.3, -0.25) is 4.79 Å². The Hall–Kier alpha value is -4.69. The minimum Gasteiger partial charge on any atom is -0.508 e. The summed E-state index contributed by atoms with van der Waals surface area (Å²) in [6.45, 7) is 0. The van der Waals surface area contributed by atoms with Crippen LogP contribution < -0.4 is 5.32 Å². The van der Waals surface area contributed by atoms with Gasteiger partial charge in [-0.15, -0.1) is 0 Å². The first-order valence-corrected chi connectivity index (χ1v) is 12.5. The van der Waals surface area contributed by atoms with E-state index in [9.17, 15) is 24.2 Å². The van der Waals surface area contributed by atoms with E-state index in [4.69, 9.17) is 11.6 Å². The van der Waals surface area contributed by atoms with E-state index in [-0.39, 0.29) is 24.3 Å². The van der Waals surface area contributed by atoms with Crippen LogP contribution >= 0.6 is 11.6 Å². The number of aromatic hydroxyl groups is 1. The zero-order valence-electron chi connectivity index (χ0n) is 20.5. The molecular weight excluding hydrogens is 521 g/mol. The van der Waals surface area contributed by atoms with Gasteiger partial charge in [0.25, 0.3) is 5.91 Å². The van der Waals surface area contributed by atoms with Crippen LogP contribution in [-0.2, 0) is 17.6 Å². The number of nitrogens with one attached hydrogen (secondary N) is 1. The van der Waals surface area contributed by atoms with Crippen LogP contribution in [0.15, 0.2) is 91.3 Å². The molecule has 0 radical (unpaired) electrons. The number of aliphatic carboxylic acids is 1.